The molecular formula is C14H24N2O3S2. The van der Waals surface area contributed by atoms with Gasteiger partial charge in [0.15, 0.2) is 9.84 Å². The molecule has 21 heavy (non-hydrogen) atoms. The van der Waals surface area contributed by atoms with Crippen molar-refractivity contribution in [2.24, 2.45) is 0 Å². The lowest BCUT2D eigenvalue weighted by molar-refractivity contribution is 0.150. The van der Waals surface area contributed by atoms with E-state index in [2.05, 4.69) is 16.8 Å². The van der Waals surface area contributed by atoms with Crippen LogP contribution in [0.3, 0.4) is 0 Å². The molecule has 1 aliphatic rings. The van der Waals surface area contributed by atoms with E-state index in [1.807, 2.05) is 6.92 Å². The van der Waals surface area contributed by atoms with Crippen LogP contribution in [0.25, 0.3) is 0 Å². The number of hydrogen-bond donors (Lipinski definition) is 0. The lowest BCUT2D eigenvalue weighted by Crippen LogP contribution is -2.36. The molecule has 0 aromatic carbocycles. The van der Waals surface area contributed by atoms with E-state index in [9.17, 15) is 8.42 Å². The molecule has 0 amide bonds. The Morgan fingerprint density at radius 2 is 2.19 bits per heavy atom. The Morgan fingerprint density at radius 3 is 2.71 bits per heavy atom. The van der Waals surface area contributed by atoms with Gasteiger partial charge in [0, 0.05) is 31.2 Å². The smallest absolute Gasteiger partial charge is 0.151 e. The molecule has 1 atom stereocenters. The van der Waals surface area contributed by atoms with Crippen LogP contribution in [-0.4, -0.2) is 56.1 Å². The van der Waals surface area contributed by atoms with Crippen molar-refractivity contribution in [1.29, 1.82) is 0 Å². The second kappa shape index (κ2) is 7.17. The van der Waals surface area contributed by atoms with Gasteiger partial charge in [0.2, 0.25) is 0 Å². The first-order valence-corrected chi connectivity index (χ1v) is 9.91. The number of ether oxygens (including phenoxy) is 1. The normalized spacial score (nSPS) is 21.2. The van der Waals surface area contributed by atoms with Gasteiger partial charge in [-0.2, -0.15) is 0 Å². The maximum absolute atomic E-state index is 11.7. The van der Waals surface area contributed by atoms with E-state index in [1.54, 1.807) is 18.4 Å². The molecule has 1 aromatic rings. The zero-order valence-corrected chi connectivity index (χ0v) is 14.6. The molecule has 0 radical (unpaired) electrons. The van der Waals surface area contributed by atoms with Gasteiger partial charge in [-0.25, -0.2) is 13.4 Å². The van der Waals surface area contributed by atoms with Crippen LogP contribution >= 0.6 is 11.3 Å². The van der Waals surface area contributed by atoms with Crippen molar-refractivity contribution in [2.45, 2.75) is 39.3 Å². The van der Waals surface area contributed by atoms with Gasteiger partial charge in [-0.1, -0.05) is 0 Å². The van der Waals surface area contributed by atoms with Gasteiger partial charge in [-0.05, 0) is 26.7 Å². The first-order chi connectivity index (χ1) is 9.91. The van der Waals surface area contributed by atoms with E-state index < -0.39 is 9.84 Å². The van der Waals surface area contributed by atoms with Crippen molar-refractivity contribution >= 4 is 21.2 Å². The van der Waals surface area contributed by atoms with Gasteiger partial charge >= 0.3 is 0 Å². The summed E-state index contributed by atoms with van der Waals surface area (Å²) in [7, 11) is -1.16. The second-order valence-electron chi connectivity index (χ2n) is 5.62. The summed E-state index contributed by atoms with van der Waals surface area (Å²) in [6, 6.07) is 0.122. The lowest BCUT2D eigenvalue weighted by atomic mass is 10.2. The number of nitrogens with zero attached hydrogens (tertiary/aromatic N) is 2. The quantitative estimate of drug-likeness (QED) is 0.713. The number of thiazole rings is 1. The summed E-state index contributed by atoms with van der Waals surface area (Å²) in [4.78, 5) is 8.08. The summed E-state index contributed by atoms with van der Waals surface area (Å²) in [5.41, 5.74) is 1.07. The van der Waals surface area contributed by atoms with Gasteiger partial charge < -0.3 is 4.74 Å². The Bertz CT molecular complexity index is 549. The summed E-state index contributed by atoms with van der Waals surface area (Å²) in [6.07, 6.45) is 1.65. The second-order valence-corrected chi connectivity index (χ2v) is 9.14. The van der Waals surface area contributed by atoms with E-state index >= 15 is 0 Å². The fraction of sp³-hybridized carbons (Fsp3) is 0.786. The average molecular weight is 332 g/mol. The van der Waals surface area contributed by atoms with Crippen LogP contribution in [0.4, 0.5) is 0 Å². The molecule has 1 aromatic heterocycles. The van der Waals surface area contributed by atoms with Crippen molar-refractivity contribution in [2.75, 3.05) is 31.8 Å². The molecule has 2 heterocycles. The monoisotopic (exact) mass is 332 g/mol. The van der Waals surface area contributed by atoms with Crippen molar-refractivity contribution in [3.05, 3.63) is 15.6 Å². The topological polar surface area (TPSA) is 59.5 Å². The van der Waals surface area contributed by atoms with Crippen molar-refractivity contribution < 1.29 is 13.2 Å². The predicted octanol–water partition coefficient (Wildman–Crippen LogP) is 1.79. The van der Waals surface area contributed by atoms with Crippen LogP contribution in [0, 0.1) is 13.8 Å². The van der Waals surface area contributed by atoms with E-state index in [-0.39, 0.29) is 11.8 Å². The van der Waals surface area contributed by atoms with E-state index in [0.717, 1.165) is 36.6 Å². The molecule has 120 valence electrons. The Hall–Kier alpha value is -0.500. The van der Waals surface area contributed by atoms with Crippen LogP contribution in [0.2, 0.25) is 0 Å². The fourth-order valence-electron chi connectivity index (χ4n) is 2.65. The van der Waals surface area contributed by atoms with Gasteiger partial charge in [-0.3, -0.25) is 4.90 Å². The molecule has 2 rings (SSSR count). The molecule has 5 nitrogen and oxygen atoms in total. The minimum atomic E-state index is -2.86. The van der Waals surface area contributed by atoms with E-state index in [0.29, 0.717) is 12.4 Å². The van der Waals surface area contributed by atoms with E-state index in [4.69, 9.17) is 4.74 Å². The van der Waals surface area contributed by atoms with Crippen molar-refractivity contribution in [1.82, 2.24) is 9.88 Å². The Morgan fingerprint density at radius 1 is 1.43 bits per heavy atom. The van der Waals surface area contributed by atoms with Crippen LogP contribution in [0.5, 0.6) is 0 Å². The molecule has 0 unspecified atom stereocenters. The molecule has 1 aliphatic heterocycles. The van der Waals surface area contributed by atoms with Gasteiger partial charge in [0.05, 0.1) is 23.7 Å². The van der Waals surface area contributed by atoms with Crippen LogP contribution in [0.15, 0.2) is 0 Å². The van der Waals surface area contributed by atoms with Crippen LogP contribution < -0.4 is 0 Å². The molecule has 1 fully saturated rings. The van der Waals surface area contributed by atoms with E-state index in [1.165, 1.54) is 4.88 Å². The fourth-order valence-corrected chi connectivity index (χ4v) is 5.37. The number of hydrogen-bond acceptors (Lipinski definition) is 6. The number of aryl methyl sites for hydroxylation is 2. The highest BCUT2D eigenvalue weighted by molar-refractivity contribution is 7.91. The highest BCUT2D eigenvalue weighted by atomic mass is 32.2. The lowest BCUT2D eigenvalue weighted by Gasteiger charge is -2.27. The molecule has 1 saturated heterocycles. The first-order valence-electron chi connectivity index (χ1n) is 7.27. The molecule has 0 saturated carbocycles. The number of aromatic nitrogens is 1. The first kappa shape index (κ1) is 16.9. The SMILES string of the molecule is COCCCN(Cc1nc(C)c(C)s1)[C@H]1CCS(=O)(=O)C1. The summed E-state index contributed by atoms with van der Waals surface area (Å²) in [5, 5.41) is 1.08. The Balaban J connectivity index is 2.04. The Kier molecular flexibility index (Phi) is 5.76. The van der Waals surface area contributed by atoms with Crippen LogP contribution in [0.1, 0.15) is 28.4 Å². The zero-order valence-electron chi connectivity index (χ0n) is 13.0. The average Bonchev–Trinajstić information content (AvgIpc) is 2.92. The molecule has 7 heteroatoms. The number of rotatable bonds is 7. The molecular weight excluding hydrogens is 308 g/mol. The zero-order chi connectivity index (χ0) is 15.5. The Labute approximate surface area is 131 Å². The molecule has 0 spiro atoms. The highest BCUT2D eigenvalue weighted by Gasteiger charge is 2.32. The minimum Gasteiger partial charge on any atom is -0.385 e. The summed E-state index contributed by atoms with van der Waals surface area (Å²) in [5.74, 6) is 0.595. The number of methoxy groups -OCH3 is 1. The van der Waals surface area contributed by atoms with Crippen molar-refractivity contribution in [3.8, 4) is 0 Å². The van der Waals surface area contributed by atoms with Crippen LogP contribution in [-0.2, 0) is 21.1 Å². The highest BCUT2D eigenvalue weighted by Crippen LogP contribution is 2.23. The van der Waals surface area contributed by atoms with Gasteiger partial charge in [0.25, 0.3) is 0 Å². The standard InChI is InChI=1S/C14H24N2O3S2/c1-11-12(2)20-14(15-11)9-16(6-4-7-19-3)13-5-8-21(17,18)10-13/h13H,4-10H2,1-3H3/t13-/m0/s1. The minimum absolute atomic E-state index is 0.122. The van der Waals surface area contributed by atoms with Crippen molar-refractivity contribution in [3.63, 3.8) is 0 Å². The third-order valence-electron chi connectivity index (χ3n) is 3.93. The molecule has 0 bridgehead atoms. The third-order valence-corrected chi connectivity index (χ3v) is 6.74. The summed E-state index contributed by atoms with van der Waals surface area (Å²) in [6.45, 7) is 6.39. The molecule has 0 N–H and O–H groups in total. The maximum Gasteiger partial charge on any atom is 0.151 e. The van der Waals surface area contributed by atoms with Gasteiger partial charge in [0.1, 0.15) is 5.01 Å². The third kappa shape index (κ3) is 4.74. The summed E-state index contributed by atoms with van der Waals surface area (Å²) >= 11 is 1.71. The molecule has 0 aliphatic carbocycles. The largest absolute Gasteiger partial charge is 0.385 e. The summed E-state index contributed by atoms with van der Waals surface area (Å²) < 4.78 is 28.6. The predicted molar refractivity (Wildman–Crippen MR) is 85.5 cm³/mol. The van der Waals surface area contributed by atoms with Gasteiger partial charge in [-0.15, -0.1) is 11.3 Å². The number of sulfone groups is 1. The maximum atomic E-state index is 11.7.